The lowest BCUT2D eigenvalue weighted by molar-refractivity contribution is 0.0710. The number of nitrogens with one attached hydrogen (secondary N) is 1. The van der Waals surface area contributed by atoms with Crippen LogP contribution in [0.5, 0.6) is 0 Å². The monoisotopic (exact) mass is 394 g/mol. The summed E-state index contributed by atoms with van der Waals surface area (Å²) in [5.41, 5.74) is 4.46. The summed E-state index contributed by atoms with van der Waals surface area (Å²) < 4.78 is 2.26. The Hall–Kier alpha value is -2.58. The molecule has 0 spiro atoms. The first-order chi connectivity index (χ1) is 13.8. The Kier molecular flexibility index (Phi) is 4.66. The fourth-order valence-electron chi connectivity index (χ4n) is 4.11. The van der Waals surface area contributed by atoms with Gasteiger partial charge in [-0.05, 0) is 25.0 Å². The number of aromatic nitrogens is 4. The molecule has 2 aromatic heterocycles. The second kappa shape index (κ2) is 7.44. The minimum absolute atomic E-state index is 0.100. The minimum Gasteiger partial charge on any atom is -0.339 e. The molecule has 0 saturated carbocycles. The Balaban J connectivity index is 1.28. The molecule has 144 valence electrons. The molecule has 1 saturated heterocycles. The molecule has 4 heterocycles. The number of rotatable bonds is 3. The predicted molar refractivity (Wildman–Crippen MR) is 107 cm³/mol. The van der Waals surface area contributed by atoms with Crippen LogP contribution in [0, 0.1) is 0 Å². The van der Waals surface area contributed by atoms with Gasteiger partial charge < -0.3 is 14.8 Å². The number of amides is 1. The summed E-state index contributed by atoms with van der Waals surface area (Å²) in [5.74, 6) is 2.60. The van der Waals surface area contributed by atoms with Gasteiger partial charge >= 0.3 is 0 Å². The van der Waals surface area contributed by atoms with Crippen molar-refractivity contribution in [1.82, 2.24) is 30.0 Å². The molecule has 3 aromatic rings. The molecule has 0 aliphatic carbocycles. The van der Waals surface area contributed by atoms with Gasteiger partial charge in [0, 0.05) is 48.6 Å². The number of nitrogens with zero attached hydrogens (tertiary/aromatic N) is 5. The van der Waals surface area contributed by atoms with Crippen LogP contribution in [-0.4, -0.2) is 50.2 Å². The van der Waals surface area contributed by atoms with Crippen LogP contribution in [0.3, 0.4) is 0 Å². The molecule has 2 aliphatic rings. The highest BCUT2D eigenvalue weighted by atomic mass is 32.1. The van der Waals surface area contributed by atoms with Gasteiger partial charge in [-0.2, -0.15) is 0 Å². The molecule has 7 nitrogen and oxygen atoms in total. The third kappa shape index (κ3) is 3.22. The van der Waals surface area contributed by atoms with Crippen LogP contribution in [0.15, 0.2) is 35.2 Å². The van der Waals surface area contributed by atoms with Crippen molar-refractivity contribution in [1.29, 1.82) is 0 Å². The first kappa shape index (κ1) is 17.5. The van der Waals surface area contributed by atoms with Crippen LogP contribution in [0.2, 0.25) is 0 Å². The molecule has 1 amide bonds. The maximum atomic E-state index is 13.0. The van der Waals surface area contributed by atoms with Gasteiger partial charge in [-0.3, -0.25) is 4.79 Å². The van der Waals surface area contributed by atoms with Crippen LogP contribution >= 0.6 is 11.3 Å². The normalized spacial score (nSPS) is 17.5. The minimum atomic E-state index is 0.100. The lowest BCUT2D eigenvalue weighted by Gasteiger charge is -2.32. The Morgan fingerprint density at radius 1 is 1.18 bits per heavy atom. The molecule has 28 heavy (non-hydrogen) atoms. The van der Waals surface area contributed by atoms with E-state index in [4.69, 9.17) is 0 Å². The van der Waals surface area contributed by atoms with Gasteiger partial charge in [0.2, 0.25) is 0 Å². The van der Waals surface area contributed by atoms with E-state index in [1.807, 2.05) is 40.1 Å². The average Bonchev–Trinajstić information content (AvgIpc) is 3.44. The van der Waals surface area contributed by atoms with Gasteiger partial charge in [0.25, 0.3) is 5.91 Å². The molecule has 0 unspecified atom stereocenters. The number of benzene rings is 1. The van der Waals surface area contributed by atoms with E-state index in [2.05, 4.69) is 25.1 Å². The molecule has 0 radical (unpaired) electrons. The van der Waals surface area contributed by atoms with Crippen LogP contribution in [0.25, 0.3) is 11.3 Å². The highest BCUT2D eigenvalue weighted by Crippen LogP contribution is 2.29. The number of likely N-dealkylation sites (tertiary alicyclic amines) is 1. The van der Waals surface area contributed by atoms with Crippen molar-refractivity contribution in [2.75, 3.05) is 19.6 Å². The van der Waals surface area contributed by atoms with Crippen molar-refractivity contribution in [3.05, 3.63) is 52.4 Å². The second-order valence-electron chi connectivity index (χ2n) is 7.32. The number of piperidine rings is 1. The van der Waals surface area contributed by atoms with Crippen molar-refractivity contribution < 1.29 is 4.79 Å². The van der Waals surface area contributed by atoms with E-state index in [0.717, 1.165) is 74.0 Å². The second-order valence-corrected chi connectivity index (χ2v) is 8.04. The van der Waals surface area contributed by atoms with Gasteiger partial charge in [-0.25, -0.2) is 4.98 Å². The first-order valence-electron chi connectivity index (χ1n) is 9.70. The van der Waals surface area contributed by atoms with Crippen LogP contribution in [0.4, 0.5) is 0 Å². The summed E-state index contributed by atoms with van der Waals surface area (Å²) >= 11 is 1.56. The zero-order chi connectivity index (χ0) is 18.9. The number of thiazole rings is 1. The molecule has 2 aliphatic heterocycles. The Morgan fingerprint density at radius 3 is 2.89 bits per heavy atom. The molecular weight excluding hydrogens is 372 g/mol. The summed E-state index contributed by atoms with van der Waals surface area (Å²) in [6.45, 7) is 4.19. The SMILES string of the molecule is O=C(c1cccc(-c2cscn2)c1)N1CCC(c2nnc3n2CCNC3)CC1. The van der Waals surface area contributed by atoms with Gasteiger partial charge in [-0.1, -0.05) is 12.1 Å². The standard InChI is InChI=1S/C20H22N6OS/c27-20(16-3-1-2-15(10-16)17-12-28-13-22-17)25-7-4-14(5-8-25)19-24-23-18-11-21-6-9-26(18)19/h1-3,10,12-14,21H,4-9,11H2. The van der Waals surface area contributed by atoms with E-state index in [1.54, 1.807) is 11.3 Å². The van der Waals surface area contributed by atoms with E-state index in [9.17, 15) is 4.79 Å². The summed E-state index contributed by atoms with van der Waals surface area (Å²) in [6.07, 6.45) is 1.87. The number of hydrogen-bond acceptors (Lipinski definition) is 6. The van der Waals surface area contributed by atoms with Crippen LogP contribution < -0.4 is 5.32 Å². The van der Waals surface area contributed by atoms with E-state index in [-0.39, 0.29) is 5.91 Å². The molecular formula is C20H22N6OS. The van der Waals surface area contributed by atoms with E-state index in [1.165, 1.54) is 0 Å². The topological polar surface area (TPSA) is 75.9 Å². The average molecular weight is 395 g/mol. The highest BCUT2D eigenvalue weighted by molar-refractivity contribution is 7.07. The Bertz CT molecular complexity index is 975. The van der Waals surface area contributed by atoms with Crippen molar-refractivity contribution in [2.24, 2.45) is 0 Å². The van der Waals surface area contributed by atoms with Crippen LogP contribution in [0.1, 0.15) is 40.8 Å². The maximum absolute atomic E-state index is 13.0. The predicted octanol–water partition coefficient (Wildman–Crippen LogP) is 2.52. The molecule has 5 rings (SSSR count). The third-order valence-corrected chi connectivity index (χ3v) is 6.22. The number of carbonyl (C=O) groups is 1. The quantitative estimate of drug-likeness (QED) is 0.739. The van der Waals surface area contributed by atoms with Crippen molar-refractivity contribution in [3.8, 4) is 11.3 Å². The van der Waals surface area contributed by atoms with Crippen LogP contribution in [-0.2, 0) is 13.1 Å². The van der Waals surface area contributed by atoms with Crippen molar-refractivity contribution >= 4 is 17.2 Å². The molecule has 1 fully saturated rings. The van der Waals surface area contributed by atoms with E-state index >= 15 is 0 Å². The van der Waals surface area contributed by atoms with E-state index < -0.39 is 0 Å². The number of hydrogen-bond donors (Lipinski definition) is 1. The van der Waals surface area contributed by atoms with Gasteiger partial charge in [0.1, 0.15) is 11.6 Å². The Labute approximate surface area is 167 Å². The number of carbonyl (C=O) groups excluding carboxylic acids is 1. The molecule has 8 heteroatoms. The lowest BCUT2D eigenvalue weighted by atomic mass is 9.95. The van der Waals surface area contributed by atoms with Crippen molar-refractivity contribution in [2.45, 2.75) is 31.8 Å². The zero-order valence-electron chi connectivity index (χ0n) is 15.5. The lowest BCUT2D eigenvalue weighted by Crippen LogP contribution is -2.39. The maximum Gasteiger partial charge on any atom is 0.253 e. The third-order valence-electron chi connectivity index (χ3n) is 5.64. The van der Waals surface area contributed by atoms with Gasteiger partial charge in [-0.15, -0.1) is 21.5 Å². The zero-order valence-corrected chi connectivity index (χ0v) is 16.4. The fraction of sp³-hybridized carbons (Fsp3) is 0.400. The summed E-state index contributed by atoms with van der Waals surface area (Å²) in [6, 6.07) is 7.78. The van der Waals surface area contributed by atoms with Gasteiger partial charge in [0.05, 0.1) is 17.7 Å². The number of fused-ring (bicyclic) bond motifs is 1. The summed E-state index contributed by atoms with van der Waals surface area (Å²) in [5, 5.41) is 14.1. The smallest absolute Gasteiger partial charge is 0.253 e. The van der Waals surface area contributed by atoms with E-state index in [0.29, 0.717) is 5.92 Å². The largest absolute Gasteiger partial charge is 0.339 e. The first-order valence-corrected chi connectivity index (χ1v) is 10.6. The highest BCUT2D eigenvalue weighted by Gasteiger charge is 2.29. The molecule has 0 atom stereocenters. The molecule has 1 aromatic carbocycles. The Morgan fingerprint density at radius 2 is 2.07 bits per heavy atom. The summed E-state index contributed by atoms with van der Waals surface area (Å²) in [7, 11) is 0. The fourth-order valence-corrected chi connectivity index (χ4v) is 4.67. The summed E-state index contributed by atoms with van der Waals surface area (Å²) in [4.78, 5) is 19.3. The molecule has 0 bridgehead atoms. The molecule has 1 N–H and O–H groups in total. The van der Waals surface area contributed by atoms with Crippen molar-refractivity contribution in [3.63, 3.8) is 0 Å². The van der Waals surface area contributed by atoms with Gasteiger partial charge in [0.15, 0.2) is 0 Å².